The summed E-state index contributed by atoms with van der Waals surface area (Å²) in [5.74, 6) is -0.186. The van der Waals surface area contributed by atoms with Crippen LogP contribution < -0.4 is 5.32 Å². The Morgan fingerprint density at radius 3 is 2.35 bits per heavy atom. The second-order valence-corrected chi connectivity index (χ2v) is 8.59. The monoisotopic (exact) mass is 341 g/mol. The van der Waals surface area contributed by atoms with Crippen LogP contribution in [-0.2, 0) is 6.54 Å². The lowest BCUT2D eigenvalue weighted by Crippen LogP contribution is -2.43. The molecule has 3 heteroatoms. The topological polar surface area (TPSA) is 12.0 Å². The highest BCUT2D eigenvalue weighted by Gasteiger charge is 2.38. The largest absolute Gasteiger partial charge is 0.310 e. The summed E-state index contributed by atoms with van der Waals surface area (Å²) in [7, 11) is 0. The number of benzene rings is 1. The van der Waals surface area contributed by atoms with Crippen molar-refractivity contribution in [2.45, 2.75) is 59.5 Å². The predicted octanol–water partition coefficient (Wildman–Crippen LogP) is 5.28. The molecule has 1 saturated carbocycles. The third kappa shape index (κ3) is 4.29. The lowest BCUT2D eigenvalue weighted by atomic mass is 9.63. The van der Waals surface area contributed by atoms with E-state index >= 15 is 0 Å². The fourth-order valence-electron chi connectivity index (χ4n) is 3.90. The molecule has 1 fully saturated rings. The first kappa shape index (κ1) is 16.0. The molecular weight excluding hydrogens is 317 g/mol. The van der Waals surface area contributed by atoms with E-state index < -0.39 is 0 Å². The second-order valence-electron chi connectivity index (χ2n) is 7.74. The van der Waals surface area contributed by atoms with Gasteiger partial charge in [0.1, 0.15) is 5.82 Å². The van der Waals surface area contributed by atoms with Gasteiger partial charge >= 0.3 is 0 Å². The molecule has 1 aliphatic carbocycles. The molecule has 0 spiro atoms. The summed E-state index contributed by atoms with van der Waals surface area (Å²) < 4.78 is 14.0. The van der Waals surface area contributed by atoms with Crippen molar-refractivity contribution in [1.29, 1.82) is 0 Å². The van der Waals surface area contributed by atoms with Gasteiger partial charge in [-0.1, -0.05) is 33.8 Å². The van der Waals surface area contributed by atoms with Crippen molar-refractivity contribution in [3.63, 3.8) is 0 Å². The minimum Gasteiger partial charge on any atom is -0.310 e. The van der Waals surface area contributed by atoms with Gasteiger partial charge in [0.05, 0.1) is 4.47 Å². The number of halogens is 2. The molecule has 0 aromatic heterocycles. The molecule has 1 aromatic carbocycles. The molecule has 1 aliphatic rings. The van der Waals surface area contributed by atoms with Crippen molar-refractivity contribution in [3.05, 3.63) is 34.1 Å². The Bertz CT molecular complexity index is 466. The van der Waals surface area contributed by atoms with Crippen molar-refractivity contribution >= 4 is 15.9 Å². The van der Waals surface area contributed by atoms with Gasteiger partial charge in [0, 0.05) is 12.6 Å². The zero-order chi connectivity index (χ0) is 15.0. The van der Waals surface area contributed by atoms with Gasteiger partial charge in [0.15, 0.2) is 0 Å². The molecule has 20 heavy (non-hydrogen) atoms. The van der Waals surface area contributed by atoms with E-state index in [0.717, 1.165) is 12.1 Å². The summed E-state index contributed by atoms with van der Waals surface area (Å²) in [5.41, 5.74) is 1.77. The highest BCUT2D eigenvalue weighted by Crippen LogP contribution is 2.45. The first-order chi connectivity index (χ1) is 9.17. The second kappa shape index (κ2) is 5.76. The van der Waals surface area contributed by atoms with E-state index in [0.29, 0.717) is 21.3 Å². The summed E-state index contributed by atoms with van der Waals surface area (Å²) in [6, 6.07) is 5.87. The van der Waals surface area contributed by atoms with Crippen LogP contribution in [0.3, 0.4) is 0 Å². The highest BCUT2D eigenvalue weighted by atomic mass is 79.9. The van der Waals surface area contributed by atoms with Gasteiger partial charge in [0.2, 0.25) is 0 Å². The van der Waals surface area contributed by atoms with Crippen molar-refractivity contribution in [2.24, 2.45) is 10.8 Å². The van der Waals surface area contributed by atoms with Crippen LogP contribution in [0.2, 0.25) is 0 Å². The zero-order valence-electron chi connectivity index (χ0n) is 12.9. The van der Waals surface area contributed by atoms with E-state index in [9.17, 15) is 4.39 Å². The predicted molar refractivity (Wildman–Crippen MR) is 86.1 cm³/mol. The van der Waals surface area contributed by atoms with Crippen molar-refractivity contribution in [3.8, 4) is 0 Å². The maximum atomic E-state index is 13.5. The standard InChI is InChI=1S/C17H25BrFN/c1-16(2)8-13(9-17(3,4)11-16)20-10-12-5-6-14(18)15(19)7-12/h5-7,13,20H,8-11H2,1-4H3. The summed E-state index contributed by atoms with van der Waals surface area (Å²) in [6.07, 6.45) is 3.65. The fraction of sp³-hybridized carbons (Fsp3) is 0.647. The van der Waals surface area contributed by atoms with Crippen molar-refractivity contribution in [2.75, 3.05) is 0 Å². The summed E-state index contributed by atoms with van der Waals surface area (Å²) in [6.45, 7) is 10.1. The molecular formula is C17H25BrFN. The van der Waals surface area contributed by atoms with E-state index in [1.807, 2.05) is 6.07 Å². The van der Waals surface area contributed by atoms with Gasteiger partial charge in [-0.05, 0) is 63.7 Å². The van der Waals surface area contributed by atoms with Crippen LogP contribution in [0, 0.1) is 16.6 Å². The third-order valence-corrected chi connectivity index (χ3v) is 4.78. The lowest BCUT2D eigenvalue weighted by Gasteiger charge is -2.45. The molecule has 1 N–H and O–H groups in total. The quantitative estimate of drug-likeness (QED) is 0.788. The Morgan fingerprint density at radius 2 is 1.80 bits per heavy atom. The molecule has 0 bridgehead atoms. The van der Waals surface area contributed by atoms with Crippen LogP contribution in [0.1, 0.15) is 52.5 Å². The Kier molecular flexibility index (Phi) is 4.60. The molecule has 0 saturated heterocycles. The van der Waals surface area contributed by atoms with Gasteiger partial charge in [0.25, 0.3) is 0 Å². The van der Waals surface area contributed by atoms with Crippen LogP contribution in [-0.4, -0.2) is 6.04 Å². The molecule has 0 heterocycles. The molecule has 0 aliphatic heterocycles. The number of nitrogens with one attached hydrogen (secondary N) is 1. The summed E-state index contributed by atoms with van der Waals surface area (Å²) in [4.78, 5) is 0. The smallest absolute Gasteiger partial charge is 0.137 e. The Morgan fingerprint density at radius 1 is 1.20 bits per heavy atom. The van der Waals surface area contributed by atoms with Crippen LogP contribution in [0.5, 0.6) is 0 Å². The van der Waals surface area contributed by atoms with Crippen LogP contribution >= 0.6 is 15.9 Å². The Labute approximate surface area is 130 Å². The van der Waals surface area contributed by atoms with Crippen LogP contribution in [0.15, 0.2) is 22.7 Å². The number of hydrogen-bond acceptors (Lipinski definition) is 1. The van der Waals surface area contributed by atoms with E-state index in [-0.39, 0.29) is 5.82 Å². The van der Waals surface area contributed by atoms with Crippen LogP contribution in [0.4, 0.5) is 4.39 Å². The van der Waals surface area contributed by atoms with E-state index in [4.69, 9.17) is 0 Å². The highest BCUT2D eigenvalue weighted by molar-refractivity contribution is 9.10. The van der Waals surface area contributed by atoms with E-state index in [2.05, 4.69) is 48.9 Å². The molecule has 2 rings (SSSR count). The SMILES string of the molecule is CC1(C)CC(NCc2ccc(Br)c(F)c2)CC(C)(C)C1. The molecule has 0 radical (unpaired) electrons. The molecule has 1 nitrogen and oxygen atoms in total. The maximum absolute atomic E-state index is 13.5. The van der Waals surface area contributed by atoms with Gasteiger partial charge in [-0.2, -0.15) is 0 Å². The van der Waals surface area contributed by atoms with Crippen LogP contribution in [0.25, 0.3) is 0 Å². The molecule has 0 amide bonds. The maximum Gasteiger partial charge on any atom is 0.137 e. The minimum atomic E-state index is -0.186. The first-order valence-corrected chi connectivity index (χ1v) is 8.14. The van der Waals surface area contributed by atoms with Crippen molar-refractivity contribution in [1.82, 2.24) is 5.32 Å². The lowest BCUT2D eigenvalue weighted by molar-refractivity contribution is 0.0845. The number of hydrogen-bond donors (Lipinski definition) is 1. The van der Waals surface area contributed by atoms with Gasteiger partial charge < -0.3 is 5.32 Å². The van der Waals surface area contributed by atoms with Gasteiger partial charge in [-0.3, -0.25) is 0 Å². The number of rotatable bonds is 3. The normalized spacial score (nSPS) is 21.9. The zero-order valence-corrected chi connectivity index (χ0v) is 14.5. The van der Waals surface area contributed by atoms with E-state index in [1.165, 1.54) is 19.3 Å². The average Bonchev–Trinajstić information content (AvgIpc) is 2.27. The minimum absolute atomic E-state index is 0.186. The first-order valence-electron chi connectivity index (χ1n) is 7.34. The summed E-state index contributed by atoms with van der Waals surface area (Å²) >= 11 is 3.19. The third-order valence-electron chi connectivity index (χ3n) is 4.13. The van der Waals surface area contributed by atoms with Gasteiger partial charge in [-0.15, -0.1) is 0 Å². The van der Waals surface area contributed by atoms with Gasteiger partial charge in [-0.25, -0.2) is 4.39 Å². The molecule has 112 valence electrons. The average molecular weight is 342 g/mol. The molecule has 0 atom stereocenters. The van der Waals surface area contributed by atoms with E-state index in [1.54, 1.807) is 12.1 Å². The van der Waals surface area contributed by atoms with Crippen molar-refractivity contribution < 1.29 is 4.39 Å². The Balaban J connectivity index is 1.98. The molecule has 0 unspecified atom stereocenters. The fourth-order valence-corrected chi connectivity index (χ4v) is 4.15. The molecule has 1 aromatic rings. The summed E-state index contributed by atoms with van der Waals surface area (Å²) in [5, 5.41) is 3.61. The Hall–Kier alpha value is -0.410.